The molecule has 1 atom stereocenters. The van der Waals surface area contributed by atoms with Gasteiger partial charge in [0.1, 0.15) is 12.9 Å². The molecule has 10 heteroatoms. The molecule has 0 bridgehead atoms. The van der Waals surface area contributed by atoms with Crippen LogP contribution in [0.15, 0.2) is 30.9 Å². The minimum Gasteiger partial charge on any atom is -0.493 e. The Labute approximate surface area is 179 Å². The minimum absolute atomic E-state index is 0.250. The molecule has 1 saturated heterocycles. The molecule has 3 aromatic rings. The van der Waals surface area contributed by atoms with Crippen molar-refractivity contribution in [3.05, 3.63) is 30.9 Å². The Morgan fingerprint density at radius 3 is 3.00 bits per heavy atom. The van der Waals surface area contributed by atoms with Gasteiger partial charge in [0.2, 0.25) is 5.88 Å². The molecular weight excluding hydrogens is 402 g/mol. The zero-order chi connectivity index (χ0) is 21.6. The van der Waals surface area contributed by atoms with Crippen LogP contribution in [0.2, 0.25) is 0 Å². The Hall–Kier alpha value is -3.40. The molecule has 0 aliphatic carbocycles. The third-order valence-corrected chi connectivity index (χ3v) is 5.18. The Balaban J connectivity index is 1.48. The molecule has 2 N–H and O–H groups in total. The third-order valence-electron chi connectivity index (χ3n) is 5.18. The van der Waals surface area contributed by atoms with E-state index in [2.05, 4.69) is 20.4 Å². The number of nitrogens with zero attached hydrogens (tertiary/aromatic N) is 4. The highest BCUT2D eigenvalue weighted by molar-refractivity contribution is 5.87. The highest BCUT2D eigenvalue weighted by atomic mass is 16.5. The molecule has 1 unspecified atom stereocenters. The number of nitrogens with one attached hydrogen (secondary N) is 1. The summed E-state index contributed by atoms with van der Waals surface area (Å²) in [7, 11) is 1.58. The van der Waals surface area contributed by atoms with E-state index in [1.54, 1.807) is 13.2 Å². The summed E-state index contributed by atoms with van der Waals surface area (Å²) in [6, 6.07) is 3.59. The molecule has 2 aromatic heterocycles. The molecule has 1 fully saturated rings. The largest absolute Gasteiger partial charge is 0.493 e. The van der Waals surface area contributed by atoms with Crippen molar-refractivity contribution in [2.45, 2.75) is 25.8 Å². The predicted octanol–water partition coefficient (Wildman–Crippen LogP) is 2.48. The van der Waals surface area contributed by atoms with Gasteiger partial charge in [0.15, 0.2) is 17.2 Å². The molecule has 10 nitrogen and oxygen atoms in total. The van der Waals surface area contributed by atoms with Gasteiger partial charge in [-0.15, -0.1) is 0 Å². The van der Waals surface area contributed by atoms with Crippen LogP contribution < -0.4 is 19.5 Å². The van der Waals surface area contributed by atoms with Crippen molar-refractivity contribution in [1.82, 2.24) is 25.1 Å². The molecule has 1 aliphatic heterocycles. The first-order valence-corrected chi connectivity index (χ1v) is 10.2. The maximum absolute atomic E-state index is 10.8. The molecule has 31 heavy (non-hydrogen) atoms. The van der Waals surface area contributed by atoms with Gasteiger partial charge in [-0.25, -0.2) is 9.97 Å². The maximum Gasteiger partial charge on any atom is 0.325 e. The second-order valence-electron chi connectivity index (χ2n) is 7.42. The lowest BCUT2D eigenvalue weighted by atomic mass is 10.0. The van der Waals surface area contributed by atoms with Crippen LogP contribution in [0.4, 0.5) is 0 Å². The monoisotopic (exact) mass is 427 g/mol. The predicted molar refractivity (Wildman–Crippen MR) is 112 cm³/mol. The van der Waals surface area contributed by atoms with Crippen LogP contribution in [0.25, 0.3) is 10.9 Å². The number of aliphatic carboxylic acids is 1. The van der Waals surface area contributed by atoms with E-state index in [0.29, 0.717) is 40.6 Å². The second-order valence-corrected chi connectivity index (χ2v) is 7.42. The summed E-state index contributed by atoms with van der Waals surface area (Å²) in [5.41, 5.74) is 0.652. The number of rotatable bonds is 10. The highest BCUT2D eigenvalue weighted by Gasteiger charge is 2.16. The van der Waals surface area contributed by atoms with E-state index in [1.807, 2.05) is 6.07 Å². The van der Waals surface area contributed by atoms with Gasteiger partial charge in [0.05, 0.1) is 37.0 Å². The molecular formula is C21H25N5O5. The summed E-state index contributed by atoms with van der Waals surface area (Å²) in [4.78, 5) is 19.4. The van der Waals surface area contributed by atoms with Gasteiger partial charge in [0.25, 0.3) is 0 Å². The van der Waals surface area contributed by atoms with Crippen molar-refractivity contribution in [2.24, 2.45) is 5.92 Å². The minimum atomic E-state index is -0.987. The molecule has 164 valence electrons. The molecule has 0 saturated carbocycles. The van der Waals surface area contributed by atoms with Crippen LogP contribution >= 0.6 is 0 Å². The first-order valence-electron chi connectivity index (χ1n) is 10.2. The van der Waals surface area contributed by atoms with Crippen LogP contribution in [-0.4, -0.2) is 57.6 Å². The van der Waals surface area contributed by atoms with Crippen molar-refractivity contribution in [3.8, 4) is 23.1 Å². The van der Waals surface area contributed by atoms with Gasteiger partial charge >= 0.3 is 5.97 Å². The number of carbonyl (C=O) groups is 1. The van der Waals surface area contributed by atoms with Crippen molar-refractivity contribution in [2.75, 3.05) is 26.8 Å². The van der Waals surface area contributed by atoms with Gasteiger partial charge < -0.3 is 24.6 Å². The topological polar surface area (TPSA) is 121 Å². The van der Waals surface area contributed by atoms with E-state index in [0.717, 1.165) is 31.8 Å². The lowest BCUT2D eigenvalue weighted by Crippen LogP contribution is -2.10. The van der Waals surface area contributed by atoms with E-state index in [9.17, 15) is 4.79 Å². The van der Waals surface area contributed by atoms with Crippen LogP contribution in [0, 0.1) is 5.92 Å². The number of methoxy groups -OCH3 is 1. The van der Waals surface area contributed by atoms with E-state index in [4.69, 9.17) is 19.3 Å². The lowest BCUT2D eigenvalue weighted by Gasteiger charge is -2.14. The number of fused-ring (bicyclic) bond motifs is 1. The summed E-state index contributed by atoms with van der Waals surface area (Å²) < 4.78 is 18.6. The summed E-state index contributed by atoms with van der Waals surface area (Å²) in [6.45, 7) is 2.55. The standard InChI is InChI=1S/C21H25N5O5/c1-29-18-7-16-17(8-19(18)30-6-2-3-14-4-5-22-9-14)23-13-24-21(16)31-15-10-25-26(11-15)12-20(27)28/h7-8,10-11,13-14,22H,2-6,9,12H2,1H3,(H,27,28). The van der Waals surface area contributed by atoms with Crippen LogP contribution in [0.3, 0.4) is 0 Å². The number of hydrogen-bond acceptors (Lipinski definition) is 8. The summed E-state index contributed by atoms with van der Waals surface area (Å²) >= 11 is 0. The number of carboxylic acid groups (broad SMARTS) is 1. The summed E-state index contributed by atoms with van der Waals surface area (Å²) in [6.07, 6.45) is 7.68. The first-order chi connectivity index (χ1) is 15.1. The Morgan fingerprint density at radius 1 is 1.32 bits per heavy atom. The highest BCUT2D eigenvalue weighted by Crippen LogP contribution is 2.36. The fraction of sp³-hybridized carbons (Fsp3) is 0.429. The molecule has 3 heterocycles. The number of carboxylic acids is 1. The van der Waals surface area contributed by atoms with Crippen molar-refractivity contribution in [1.29, 1.82) is 0 Å². The van der Waals surface area contributed by atoms with Crippen molar-refractivity contribution in [3.63, 3.8) is 0 Å². The fourth-order valence-corrected chi connectivity index (χ4v) is 3.64. The zero-order valence-corrected chi connectivity index (χ0v) is 17.3. The first kappa shape index (κ1) is 20.9. The van der Waals surface area contributed by atoms with Gasteiger partial charge in [-0.05, 0) is 44.3 Å². The molecule has 4 rings (SSSR count). The van der Waals surface area contributed by atoms with E-state index < -0.39 is 5.97 Å². The smallest absolute Gasteiger partial charge is 0.325 e. The Morgan fingerprint density at radius 2 is 2.23 bits per heavy atom. The number of aromatic nitrogens is 4. The van der Waals surface area contributed by atoms with Crippen molar-refractivity contribution >= 4 is 16.9 Å². The molecule has 0 radical (unpaired) electrons. The fourth-order valence-electron chi connectivity index (χ4n) is 3.64. The van der Waals surface area contributed by atoms with Gasteiger partial charge in [-0.3, -0.25) is 9.48 Å². The van der Waals surface area contributed by atoms with Crippen LogP contribution in [-0.2, 0) is 11.3 Å². The average Bonchev–Trinajstić information content (AvgIpc) is 3.42. The van der Waals surface area contributed by atoms with E-state index >= 15 is 0 Å². The van der Waals surface area contributed by atoms with Crippen molar-refractivity contribution < 1.29 is 24.1 Å². The van der Waals surface area contributed by atoms with E-state index in [-0.39, 0.29) is 6.54 Å². The summed E-state index contributed by atoms with van der Waals surface area (Å²) in [5, 5.41) is 16.9. The number of ether oxygens (including phenoxy) is 3. The molecule has 1 aromatic carbocycles. The van der Waals surface area contributed by atoms with Gasteiger partial charge in [0, 0.05) is 6.07 Å². The van der Waals surface area contributed by atoms with Crippen LogP contribution in [0.1, 0.15) is 19.3 Å². The van der Waals surface area contributed by atoms with E-state index in [1.165, 1.54) is 29.8 Å². The lowest BCUT2D eigenvalue weighted by molar-refractivity contribution is -0.137. The molecule has 0 amide bonds. The molecule has 1 aliphatic rings. The maximum atomic E-state index is 10.8. The second kappa shape index (κ2) is 9.61. The third kappa shape index (κ3) is 5.21. The zero-order valence-electron chi connectivity index (χ0n) is 17.3. The normalized spacial score (nSPS) is 15.8. The van der Waals surface area contributed by atoms with Gasteiger partial charge in [-0.2, -0.15) is 5.10 Å². The quantitative estimate of drug-likeness (QED) is 0.470. The SMILES string of the molecule is COc1cc2c(Oc3cnn(CC(=O)O)c3)ncnc2cc1OCCCC1CCNC1. The van der Waals surface area contributed by atoms with Gasteiger partial charge in [-0.1, -0.05) is 0 Å². The number of hydrogen-bond donors (Lipinski definition) is 2. The number of benzene rings is 1. The molecule has 0 spiro atoms. The van der Waals surface area contributed by atoms with Crippen LogP contribution in [0.5, 0.6) is 23.1 Å². The Kier molecular flexibility index (Phi) is 6.46. The Bertz CT molecular complexity index is 1050. The summed E-state index contributed by atoms with van der Waals surface area (Å²) in [5.74, 6) is 1.63. The average molecular weight is 427 g/mol.